The third-order valence-electron chi connectivity index (χ3n) is 6.04. The van der Waals surface area contributed by atoms with E-state index in [0.29, 0.717) is 35.9 Å². The van der Waals surface area contributed by atoms with E-state index in [9.17, 15) is 22.4 Å². The lowest BCUT2D eigenvalue weighted by Crippen LogP contribution is -2.47. The van der Waals surface area contributed by atoms with Crippen LogP contribution in [0, 0.1) is 25.6 Å². The molecule has 1 aliphatic heterocycles. The maximum Gasteiger partial charge on any atom is 0.279 e. The van der Waals surface area contributed by atoms with Crippen molar-refractivity contribution in [3.05, 3.63) is 58.9 Å². The summed E-state index contributed by atoms with van der Waals surface area (Å²) in [5.41, 5.74) is 5.92. The number of nitrogens with zero attached hydrogens (tertiary/aromatic N) is 1. The topological polar surface area (TPSA) is 105 Å². The van der Waals surface area contributed by atoms with Crippen LogP contribution in [0.4, 0.5) is 4.39 Å². The highest BCUT2D eigenvalue weighted by Crippen LogP contribution is 2.28. The molecule has 0 aliphatic carbocycles. The number of sulfonamides is 1. The van der Waals surface area contributed by atoms with Crippen molar-refractivity contribution in [1.82, 2.24) is 15.2 Å². The molecule has 8 nitrogen and oxygen atoms in total. The Bertz CT molecular complexity index is 1160. The van der Waals surface area contributed by atoms with Gasteiger partial charge in [0.15, 0.2) is 6.10 Å². The van der Waals surface area contributed by atoms with Crippen LogP contribution >= 0.6 is 0 Å². The second-order valence-electron chi connectivity index (χ2n) is 8.66. The van der Waals surface area contributed by atoms with Gasteiger partial charge in [-0.2, -0.15) is 4.31 Å². The fourth-order valence-corrected chi connectivity index (χ4v) is 5.45. The van der Waals surface area contributed by atoms with Gasteiger partial charge in [-0.15, -0.1) is 0 Å². The first-order valence-corrected chi connectivity index (χ1v) is 12.6. The molecule has 0 saturated carbocycles. The van der Waals surface area contributed by atoms with E-state index in [1.54, 1.807) is 19.9 Å². The number of hydrogen-bond acceptors (Lipinski definition) is 5. The number of piperidine rings is 1. The molecule has 0 bridgehead atoms. The molecular formula is C24H30FN3O5S. The Balaban J connectivity index is 1.69. The zero-order valence-electron chi connectivity index (χ0n) is 19.7. The molecule has 2 amide bonds. The molecule has 1 unspecified atom stereocenters. The van der Waals surface area contributed by atoms with Crippen LogP contribution in [-0.2, 0) is 14.8 Å². The third kappa shape index (κ3) is 5.92. The molecular weight excluding hydrogens is 461 g/mol. The summed E-state index contributed by atoms with van der Waals surface area (Å²) in [6.45, 7) is 7.92. The van der Waals surface area contributed by atoms with Crippen molar-refractivity contribution in [1.29, 1.82) is 0 Å². The highest BCUT2D eigenvalue weighted by molar-refractivity contribution is 7.89. The molecule has 1 aliphatic rings. The summed E-state index contributed by atoms with van der Waals surface area (Å²) >= 11 is 0. The Morgan fingerprint density at radius 2 is 1.71 bits per heavy atom. The molecule has 2 N–H and O–H groups in total. The van der Waals surface area contributed by atoms with Gasteiger partial charge in [-0.1, -0.05) is 6.92 Å². The van der Waals surface area contributed by atoms with E-state index in [1.165, 1.54) is 41.6 Å². The monoisotopic (exact) mass is 491 g/mol. The highest BCUT2D eigenvalue weighted by atomic mass is 32.2. The number of aryl methyl sites for hydroxylation is 1. The first kappa shape index (κ1) is 25.6. The van der Waals surface area contributed by atoms with Crippen molar-refractivity contribution in [3.8, 4) is 5.75 Å². The van der Waals surface area contributed by atoms with Gasteiger partial charge in [-0.3, -0.25) is 20.4 Å². The number of amides is 2. The standard InChI is InChI=1S/C24H30FN3O5S/c1-15-9-11-28(12-10-15)34(31,32)22-14-19(13-16(2)17(22)3)24(30)27-26-23(29)18(4)33-21-7-5-20(25)6-8-21/h5-8,13-15,18H,9-12H2,1-4H3,(H,26,29)(H,27,30). The van der Waals surface area contributed by atoms with E-state index in [2.05, 4.69) is 17.8 Å². The maximum atomic E-state index is 13.3. The molecule has 3 rings (SSSR count). The molecule has 1 atom stereocenters. The number of hydrogen-bond donors (Lipinski definition) is 2. The minimum Gasteiger partial charge on any atom is -0.481 e. The first-order chi connectivity index (χ1) is 16.0. The Hall–Kier alpha value is -2.98. The van der Waals surface area contributed by atoms with E-state index >= 15 is 0 Å². The van der Waals surface area contributed by atoms with Crippen LogP contribution in [0.3, 0.4) is 0 Å². The SMILES string of the molecule is Cc1cc(C(=O)NNC(=O)C(C)Oc2ccc(F)cc2)cc(S(=O)(=O)N2CCC(C)CC2)c1C. The van der Waals surface area contributed by atoms with Crippen LogP contribution in [0.1, 0.15) is 48.2 Å². The first-order valence-electron chi connectivity index (χ1n) is 11.1. The molecule has 184 valence electrons. The average Bonchev–Trinajstić information content (AvgIpc) is 2.80. The summed E-state index contributed by atoms with van der Waals surface area (Å²) in [5, 5.41) is 0. The van der Waals surface area contributed by atoms with Crippen molar-refractivity contribution < 1.29 is 27.1 Å². The van der Waals surface area contributed by atoms with Crippen molar-refractivity contribution >= 4 is 21.8 Å². The van der Waals surface area contributed by atoms with Crippen LogP contribution in [0.15, 0.2) is 41.3 Å². The maximum absolute atomic E-state index is 13.3. The quantitative estimate of drug-likeness (QED) is 0.605. The fraction of sp³-hybridized carbons (Fsp3) is 0.417. The Kier molecular flexibility index (Phi) is 7.93. The third-order valence-corrected chi connectivity index (χ3v) is 8.06. The Morgan fingerprint density at radius 1 is 1.09 bits per heavy atom. The van der Waals surface area contributed by atoms with Crippen LogP contribution in [0.5, 0.6) is 5.75 Å². The Labute approximate surface area is 199 Å². The highest BCUT2D eigenvalue weighted by Gasteiger charge is 2.30. The van der Waals surface area contributed by atoms with Gasteiger partial charge in [0.1, 0.15) is 11.6 Å². The van der Waals surface area contributed by atoms with E-state index in [4.69, 9.17) is 4.74 Å². The number of carbonyl (C=O) groups excluding carboxylic acids is 2. The number of halogens is 1. The van der Waals surface area contributed by atoms with Crippen molar-refractivity contribution in [2.45, 2.75) is 51.5 Å². The predicted molar refractivity (Wildman–Crippen MR) is 125 cm³/mol. The molecule has 1 saturated heterocycles. The van der Waals surface area contributed by atoms with Gasteiger partial charge in [0, 0.05) is 18.7 Å². The van der Waals surface area contributed by atoms with Gasteiger partial charge >= 0.3 is 0 Å². The second-order valence-corrected chi connectivity index (χ2v) is 10.6. The lowest BCUT2D eigenvalue weighted by Gasteiger charge is -2.30. The van der Waals surface area contributed by atoms with Gasteiger partial charge in [-0.05, 0) is 87.1 Å². The summed E-state index contributed by atoms with van der Waals surface area (Å²) in [6, 6.07) is 8.10. The van der Waals surface area contributed by atoms with Gasteiger partial charge in [0.2, 0.25) is 10.0 Å². The smallest absolute Gasteiger partial charge is 0.279 e. The minimum absolute atomic E-state index is 0.0894. The lowest BCUT2D eigenvalue weighted by molar-refractivity contribution is -0.128. The summed E-state index contributed by atoms with van der Waals surface area (Å²) < 4.78 is 46.5. The zero-order chi connectivity index (χ0) is 25.0. The lowest BCUT2D eigenvalue weighted by atomic mass is 10.0. The van der Waals surface area contributed by atoms with Gasteiger partial charge in [-0.25, -0.2) is 12.8 Å². The largest absolute Gasteiger partial charge is 0.481 e. The van der Waals surface area contributed by atoms with E-state index < -0.39 is 33.8 Å². The normalized spacial score (nSPS) is 16.0. The van der Waals surface area contributed by atoms with Crippen molar-refractivity contribution in [2.75, 3.05) is 13.1 Å². The van der Waals surface area contributed by atoms with Crippen LogP contribution in [0.25, 0.3) is 0 Å². The number of benzene rings is 2. The predicted octanol–water partition coefficient (Wildman–Crippen LogP) is 3.09. The molecule has 1 fully saturated rings. The van der Waals surface area contributed by atoms with E-state index in [1.807, 2.05) is 0 Å². The number of hydrazine groups is 1. The molecule has 2 aromatic rings. The van der Waals surface area contributed by atoms with Gasteiger partial charge in [0.25, 0.3) is 11.8 Å². The molecule has 0 spiro atoms. The molecule has 1 heterocycles. The van der Waals surface area contributed by atoms with Crippen LogP contribution in [-0.4, -0.2) is 43.7 Å². The van der Waals surface area contributed by atoms with Crippen molar-refractivity contribution in [3.63, 3.8) is 0 Å². The van der Waals surface area contributed by atoms with Crippen molar-refractivity contribution in [2.24, 2.45) is 5.92 Å². The number of nitrogens with one attached hydrogen (secondary N) is 2. The molecule has 0 aromatic heterocycles. The van der Waals surface area contributed by atoms with Gasteiger partial charge in [0.05, 0.1) is 4.90 Å². The van der Waals surface area contributed by atoms with E-state index in [-0.39, 0.29) is 10.5 Å². The summed E-state index contributed by atoms with van der Waals surface area (Å²) in [5.74, 6) is -0.941. The minimum atomic E-state index is -3.76. The summed E-state index contributed by atoms with van der Waals surface area (Å²) in [7, 11) is -3.76. The zero-order valence-corrected chi connectivity index (χ0v) is 20.5. The van der Waals surface area contributed by atoms with Crippen LogP contribution < -0.4 is 15.6 Å². The van der Waals surface area contributed by atoms with Gasteiger partial charge < -0.3 is 4.74 Å². The number of ether oxygens (including phenoxy) is 1. The molecule has 2 aromatic carbocycles. The van der Waals surface area contributed by atoms with Crippen LogP contribution in [0.2, 0.25) is 0 Å². The van der Waals surface area contributed by atoms with E-state index in [0.717, 1.165) is 12.8 Å². The second kappa shape index (κ2) is 10.5. The molecule has 10 heteroatoms. The summed E-state index contributed by atoms with van der Waals surface area (Å²) in [4.78, 5) is 25.1. The Morgan fingerprint density at radius 3 is 2.32 bits per heavy atom. The number of rotatable bonds is 6. The molecule has 34 heavy (non-hydrogen) atoms. The summed E-state index contributed by atoms with van der Waals surface area (Å²) in [6.07, 6.45) is 0.617. The number of carbonyl (C=O) groups is 2. The fourth-order valence-electron chi connectivity index (χ4n) is 3.65. The molecule has 0 radical (unpaired) electrons. The average molecular weight is 492 g/mol.